The van der Waals surface area contributed by atoms with Gasteiger partial charge in [0.05, 0.1) is 5.56 Å². The van der Waals surface area contributed by atoms with E-state index in [0.29, 0.717) is 0 Å². The second kappa shape index (κ2) is 9.51. The van der Waals surface area contributed by atoms with Crippen LogP contribution in [-0.4, -0.2) is 52.8 Å². The van der Waals surface area contributed by atoms with Gasteiger partial charge in [-0.3, -0.25) is 14.4 Å². The van der Waals surface area contributed by atoms with Crippen molar-refractivity contribution in [2.45, 2.75) is 13.0 Å². The normalized spacial score (nSPS) is 11.6. The molecule has 0 radical (unpaired) electrons. The topological polar surface area (TPSA) is 86.7 Å². The van der Waals surface area contributed by atoms with Gasteiger partial charge >= 0.3 is 0 Å². The summed E-state index contributed by atoms with van der Waals surface area (Å²) in [6.45, 7) is 1.26. The van der Waals surface area contributed by atoms with Gasteiger partial charge in [0.25, 0.3) is 0 Å². The van der Waals surface area contributed by atoms with Crippen molar-refractivity contribution >= 4 is 28.7 Å². The first-order valence-electron chi connectivity index (χ1n) is 8.54. The molecule has 0 aliphatic rings. The molecule has 0 heterocycles. The summed E-state index contributed by atoms with van der Waals surface area (Å²) in [5.74, 6) is -2.70. The predicted molar refractivity (Wildman–Crippen MR) is 107 cm³/mol. The molecule has 2 rings (SSSR count). The Morgan fingerprint density at radius 2 is 1.83 bits per heavy atom. The average molecular weight is 422 g/mol. The first-order valence-corrected chi connectivity index (χ1v) is 9.52. The second-order valence-corrected chi connectivity index (χ2v) is 7.43. The van der Waals surface area contributed by atoms with Crippen LogP contribution in [0.1, 0.15) is 17.3 Å². The van der Waals surface area contributed by atoms with E-state index in [1.165, 1.54) is 50.2 Å². The third-order valence-electron chi connectivity index (χ3n) is 3.96. The van der Waals surface area contributed by atoms with Crippen LogP contribution >= 0.6 is 11.8 Å². The number of hydrogen-bond donors (Lipinski definition) is 2. The van der Waals surface area contributed by atoms with Gasteiger partial charge in [0.2, 0.25) is 16.9 Å². The third kappa shape index (κ3) is 5.77. The van der Waals surface area contributed by atoms with Crippen LogP contribution in [-0.2, 0) is 9.59 Å². The molecule has 2 aromatic rings. The first kappa shape index (κ1) is 22.4. The highest BCUT2D eigenvalue weighted by Gasteiger charge is 2.24. The molecule has 6 nitrogen and oxygen atoms in total. The zero-order valence-corrected chi connectivity index (χ0v) is 16.8. The van der Waals surface area contributed by atoms with Crippen LogP contribution < -0.4 is 5.32 Å². The number of carbonyl (C=O) groups is 3. The minimum Gasteiger partial charge on any atom is -0.507 e. The molecule has 0 fully saturated rings. The van der Waals surface area contributed by atoms with E-state index in [-0.39, 0.29) is 34.1 Å². The van der Waals surface area contributed by atoms with Crippen molar-refractivity contribution in [3.8, 4) is 16.9 Å². The number of benzene rings is 2. The Bertz CT molecular complexity index is 950. The van der Waals surface area contributed by atoms with Crippen molar-refractivity contribution in [1.29, 1.82) is 0 Å². The Morgan fingerprint density at radius 3 is 2.41 bits per heavy atom. The predicted octanol–water partition coefficient (Wildman–Crippen LogP) is 2.80. The van der Waals surface area contributed by atoms with E-state index < -0.39 is 28.7 Å². The van der Waals surface area contributed by atoms with Crippen molar-refractivity contribution < 1.29 is 28.3 Å². The van der Waals surface area contributed by atoms with E-state index in [9.17, 15) is 28.3 Å². The summed E-state index contributed by atoms with van der Waals surface area (Å²) in [5.41, 5.74) is 0.270. The lowest BCUT2D eigenvalue weighted by Gasteiger charge is -2.20. The fourth-order valence-corrected chi connectivity index (χ4v) is 3.42. The van der Waals surface area contributed by atoms with E-state index in [1.807, 2.05) is 0 Å². The maximum atomic E-state index is 14.0. The number of nitrogens with zero attached hydrogens (tertiary/aromatic N) is 1. The van der Waals surface area contributed by atoms with Gasteiger partial charge in [0, 0.05) is 38.4 Å². The second-order valence-electron chi connectivity index (χ2n) is 6.44. The maximum Gasteiger partial charge on any atom is 0.245 e. The van der Waals surface area contributed by atoms with Gasteiger partial charge in [-0.05, 0) is 29.8 Å². The van der Waals surface area contributed by atoms with Crippen LogP contribution in [0.15, 0.2) is 36.4 Å². The monoisotopic (exact) mass is 422 g/mol. The molecule has 0 saturated carbocycles. The third-order valence-corrected chi connectivity index (χ3v) is 4.94. The van der Waals surface area contributed by atoms with Gasteiger partial charge in [-0.15, -0.1) is 0 Å². The minimum atomic E-state index is -0.920. The number of rotatable bonds is 6. The summed E-state index contributed by atoms with van der Waals surface area (Å²) >= 11 is 0.735. The zero-order valence-electron chi connectivity index (χ0n) is 16.0. The standard InChI is InChI=1S/C20H20F2N2O4S/c1-11(25)23-17(19(27)24(2)3)10-29-20(28)15-8-12(4-7-18(15)26)14-6-5-13(21)9-16(14)22/h4-9,17,26H,10H2,1-3H3,(H,23,25)/t17-/m1/s1. The number of phenols is 1. The van der Waals surface area contributed by atoms with Gasteiger partial charge in [-0.2, -0.15) is 0 Å². The largest absolute Gasteiger partial charge is 0.507 e. The number of phenolic OH excluding ortho intramolecular Hbond substituents is 1. The van der Waals surface area contributed by atoms with Crippen molar-refractivity contribution in [3.05, 3.63) is 53.6 Å². The summed E-state index contributed by atoms with van der Waals surface area (Å²) in [5, 5.41) is 12.0. The number of amides is 2. The van der Waals surface area contributed by atoms with Crippen LogP contribution in [0, 0.1) is 11.6 Å². The molecule has 0 unspecified atom stereocenters. The lowest BCUT2D eigenvalue weighted by molar-refractivity contribution is -0.133. The van der Waals surface area contributed by atoms with Crippen molar-refractivity contribution in [2.24, 2.45) is 0 Å². The Kier molecular flexibility index (Phi) is 7.33. The van der Waals surface area contributed by atoms with Gasteiger partial charge in [-0.25, -0.2) is 8.78 Å². The molecular weight excluding hydrogens is 402 g/mol. The molecule has 0 bridgehead atoms. The zero-order chi connectivity index (χ0) is 21.7. The van der Waals surface area contributed by atoms with E-state index in [0.717, 1.165) is 23.9 Å². The van der Waals surface area contributed by atoms with E-state index >= 15 is 0 Å². The lowest BCUT2D eigenvalue weighted by atomic mass is 10.0. The molecule has 0 spiro atoms. The maximum absolute atomic E-state index is 14.0. The van der Waals surface area contributed by atoms with Crippen LogP contribution in [0.5, 0.6) is 5.75 Å². The summed E-state index contributed by atoms with van der Waals surface area (Å²) in [6, 6.07) is 6.07. The fraction of sp³-hybridized carbons (Fsp3) is 0.250. The Hall–Kier alpha value is -2.94. The van der Waals surface area contributed by atoms with Crippen molar-refractivity contribution in [2.75, 3.05) is 19.8 Å². The molecule has 0 aliphatic carbocycles. The molecule has 0 saturated heterocycles. The fourth-order valence-electron chi connectivity index (χ4n) is 2.56. The summed E-state index contributed by atoms with van der Waals surface area (Å²) < 4.78 is 27.2. The summed E-state index contributed by atoms with van der Waals surface area (Å²) in [4.78, 5) is 37.4. The van der Waals surface area contributed by atoms with Gasteiger partial charge in [0.15, 0.2) is 0 Å². The molecule has 0 aliphatic heterocycles. The molecule has 154 valence electrons. The smallest absolute Gasteiger partial charge is 0.245 e. The quantitative estimate of drug-likeness (QED) is 0.748. The first-order chi connectivity index (χ1) is 13.6. The number of thioether (sulfide) groups is 1. The van der Waals surface area contributed by atoms with Crippen LogP contribution in [0.4, 0.5) is 8.78 Å². The lowest BCUT2D eigenvalue weighted by Crippen LogP contribution is -2.47. The van der Waals surface area contributed by atoms with Crippen LogP contribution in [0.25, 0.3) is 11.1 Å². The number of hydrogen-bond acceptors (Lipinski definition) is 5. The van der Waals surface area contributed by atoms with Crippen molar-refractivity contribution in [1.82, 2.24) is 10.2 Å². The highest BCUT2D eigenvalue weighted by atomic mass is 32.2. The van der Waals surface area contributed by atoms with E-state index in [1.54, 1.807) is 0 Å². The highest BCUT2D eigenvalue weighted by molar-refractivity contribution is 8.14. The molecule has 2 amide bonds. The van der Waals surface area contributed by atoms with Gasteiger partial charge in [-0.1, -0.05) is 17.8 Å². The highest BCUT2D eigenvalue weighted by Crippen LogP contribution is 2.30. The van der Waals surface area contributed by atoms with E-state index in [4.69, 9.17) is 0 Å². The molecule has 1 atom stereocenters. The molecule has 29 heavy (non-hydrogen) atoms. The summed E-state index contributed by atoms with van der Waals surface area (Å²) in [6.07, 6.45) is 0. The summed E-state index contributed by atoms with van der Waals surface area (Å²) in [7, 11) is 3.05. The van der Waals surface area contributed by atoms with E-state index in [2.05, 4.69) is 5.32 Å². The minimum absolute atomic E-state index is 0.0516. The number of nitrogens with one attached hydrogen (secondary N) is 1. The Labute approximate surface area is 170 Å². The molecule has 2 aromatic carbocycles. The van der Waals surface area contributed by atoms with Crippen LogP contribution in [0.2, 0.25) is 0 Å². The van der Waals surface area contributed by atoms with Crippen LogP contribution in [0.3, 0.4) is 0 Å². The number of halogens is 2. The molecule has 2 N–H and O–H groups in total. The molecule has 9 heteroatoms. The van der Waals surface area contributed by atoms with Gasteiger partial charge < -0.3 is 15.3 Å². The SMILES string of the molecule is CC(=O)N[C@H](CSC(=O)c1cc(-c2ccc(F)cc2F)ccc1O)C(=O)N(C)C. The number of aromatic hydroxyl groups is 1. The Balaban J connectivity index is 2.23. The Morgan fingerprint density at radius 1 is 1.14 bits per heavy atom. The van der Waals surface area contributed by atoms with Crippen molar-refractivity contribution in [3.63, 3.8) is 0 Å². The molecular formula is C20H20F2N2O4S. The number of likely N-dealkylation sites (N-methyl/N-ethyl adjacent to an activating group) is 1. The average Bonchev–Trinajstić information content (AvgIpc) is 2.64. The molecule has 0 aromatic heterocycles. The number of carbonyl (C=O) groups excluding carboxylic acids is 3. The van der Waals surface area contributed by atoms with Gasteiger partial charge in [0.1, 0.15) is 23.4 Å².